The smallest absolute Gasteiger partial charge is 0.360 e. The van der Waals surface area contributed by atoms with E-state index in [0.29, 0.717) is 5.82 Å². The van der Waals surface area contributed by atoms with E-state index in [0.717, 1.165) is 67.9 Å². The predicted molar refractivity (Wildman–Crippen MR) is 291 cm³/mol. The highest BCUT2D eigenvalue weighted by molar-refractivity contribution is 6.85. The lowest BCUT2D eigenvalue weighted by molar-refractivity contribution is 0.661. The Balaban J connectivity index is 0.943. The summed E-state index contributed by atoms with van der Waals surface area (Å²) >= 11 is 0. The van der Waals surface area contributed by atoms with Crippen LogP contribution in [0.3, 0.4) is 0 Å². The van der Waals surface area contributed by atoms with Crippen molar-refractivity contribution < 1.29 is 0 Å². The van der Waals surface area contributed by atoms with Gasteiger partial charge in [-0.25, -0.2) is 9.97 Å². The number of benzene rings is 8. The maximum absolute atomic E-state index is 4.83. The number of aromatic nitrogens is 3. The number of aryl methyl sites for hydroxylation is 1. The first-order chi connectivity index (χ1) is 34.4. The maximum Gasteiger partial charge on any atom is 0.420 e. The van der Waals surface area contributed by atoms with Crippen LogP contribution in [-0.2, 0) is 5.41 Å². The molecule has 0 bridgehead atoms. The van der Waals surface area contributed by atoms with Gasteiger partial charge < -0.3 is 19.2 Å². The molecule has 2 aromatic heterocycles. The number of hydrogen-bond donors (Lipinski definition) is 0. The zero-order chi connectivity index (χ0) is 46.9. The topological polar surface area (TPSA) is 51.6 Å². The Labute approximate surface area is 410 Å². The van der Waals surface area contributed by atoms with Gasteiger partial charge >= 0.3 is 14.0 Å². The van der Waals surface area contributed by atoms with Crippen LogP contribution in [0.5, 0.6) is 0 Å². The molecule has 0 radical (unpaired) electrons. The van der Waals surface area contributed by atoms with Gasteiger partial charge in [-0.2, -0.15) is 0 Å². The molecule has 10 aromatic rings. The van der Waals surface area contributed by atoms with E-state index in [2.05, 4.69) is 250 Å². The van der Waals surface area contributed by atoms with E-state index in [1.54, 1.807) is 12.4 Å². The molecule has 13 rings (SSSR count). The van der Waals surface area contributed by atoms with Gasteiger partial charge in [0.15, 0.2) is 5.82 Å². The van der Waals surface area contributed by atoms with Crippen molar-refractivity contribution in [2.75, 3.05) is 19.2 Å². The number of rotatable bonds is 8. The third kappa shape index (κ3) is 6.64. The SMILES string of the molecule is Cc1cccnc1-c1cccc(N2B(c3ccc4c(c3)C(C)(C)c3cc(B5N(c6ccccc6)c6ccccc6N5c5cccc(-c6ncccn6)c5)ccc3-4)N(c3ccccc3)c3ccccc32)c1. The normalized spacial score (nSPS) is 14.2. The molecule has 8 aromatic carbocycles. The monoisotopic (exact) mass is 899 g/mol. The highest BCUT2D eigenvalue weighted by atomic mass is 15.3. The largest absolute Gasteiger partial charge is 0.420 e. The van der Waals surface area contributed by atoms with Gasteiger partial charge in [0.1, 0.15) is 0 Å². The van der Waals surface area contributed by atoms with Crippen molar-refractivity contribution in [1.29, 1.82) is 0 Å². The zero-order valence-electron chi connectivity index (χ0n) is 39.2. The molecule has 0 saturated carbocycles. The second-order valence-electron chi connectivity index (χ2n) is 19.0. The second kappa shape index (κ2) is 16.5. The highest BCUT2D eigenvalue weighted by Crippen LogP contribution is 2.52. The molecule has 1 aliphatic carbocycles. The van der Waals surface area contributed by atoms with Gasteiger partial charge in [0.05, 0.1) is 28.4 Å². The summed E-state index contributed by atoms with van der Waals surface area (Å²) in [5.41, 5.74) is 20.6. The number of fused-ring (bicyclic) bond motifs is 5. The van der Waals surface area contributed by atoms with Crippen LogP contribution >= 0.6 is 0 Å². The number of hydrogen-bond acceptors (Lipinski definition) is 7. The number of nitrogens with zero attached hydrogens (tertiary/aromatic N) is 7. The van der Waals surface area contributed by atoms with Crippen molar-refractivity contribution in [3.05, 3.63) is 248 Å². The summed E-state index contributed by atoms with van der Waals surface area (Å²) in [6.07, 6.45) is 5.49. The van der Waals surface area contributed by atoms with Crippen LogP contribution in [0.15, 0.2) is 231 Å². The Kier molecular flexibility index (Phi) is 9.80. The molecular formula is C61H47B2N7. The lowest BCUT2D eigenvalue weighted by Crippen LogP contribution is -2.53. The predicted octanol–water partition coefficient (Wildman–Crippen LogP) is 13.2. The summed E-state index contributed by atoms with van der Waals surface area (Å²) in [4.78, 5) is 24.1. The van der Waals surface area contributed by atoms with Gasteiger partial charge in [-0.1, -0.05) is 141 Å². The molecule has 7 nitrogen and oxygen atoms in total. The average molecular weight is 900 g/mol. The third-order valence-electron chi connectivity index (χ3n) is 14.5. The van der Waals surface area contributed by atoms with Gasteiger partial charge in [-0.3, -0.25) is 4.98 Å². The van der Waals surface area contributed by atoms with Gasteiger partial charge in [0.2, 0.25) is 0 Å². The van der Waals surface area contributed by atoms with Crippen LogP contribution in [-0.4, -0.2) is 28.9 Å². The fourth-order valence-electron chi connectivity index (χ4n) is 11.3. The summed E-state index contributed by atoms with van der Waals surface area (Å²) in [5.74, 6) is 0.703. The molecule has 0 N–H and O–H groups in total. The van der Waals surface area contributed by atoms with Crippen LogP contribution in [0.1, 0.15) is 30.5 Å². The van der Waals surface area contributed by atoms with Crippen molar-refractivity contribution in [3.8, 4) is 33.8 Å². The molecule has 0 spiro atoms. The van der Waals surface area contributed by atoms with Crippen molar-refractivity contribution in [3.63, 3.8) is 0 Å². The van der Waals surface area contributed by atoms with Crippen molar-refractivity contribution in [2.24, 2.45) is 0 Å². The Morgan fingerprint density at radius 1 is 0.371 bits per heavy atom. The summed E-state index contributed by atoms with van der Waals surface area (Å²) in [7, 11) is 0. The van der Waals surface area contributed by atoms with E-state index in [1.807, 2.05) is 18.3 Å². The quantitative estimate of drug-likeness (QED) is 0.141. The van der Waals surface area contributed by atoms with Crippen LogP contribution in [0, 0.1) is 6.92 Å². The fourth-order valence-corrected chi connectivity index (χ4v) is 11.3. The zero-order valence-corrected chi connectivity index (χ0v) is 39.2. The van der Waals surface area contributed by atoms with Crippen LogP contribution in [0.25, 0.3) is 33.8 Å². The van der Waals surface area contributed by atoms with Crippen molar-refractivity contribution in [1.82, 2.24) is 15.0 Å². The van der Waals surface area contributed by atoms with E-state index in [9.17, 15) is 0 Å². The van der Waals surface area contributed by atoms with E-state index in [1.165, 1.54) is 33.2 Å². The lowest BCUT2D eigenvalue weighted by Gasteiger charge is -2.32. The Hall–Kier alpha value is -8.68. The minimum absolute atomic E-state index is 0.178. The van der Waals surface area contributed by atoms with Gasteiger partial charge in [0.25, 0.3) is 0 Å². The minimum Gasteiger partial charge on any atom is -0.360 e. The Morgan fingerprint density at radius 2 is 0.800 bits per heavy atom. The molecule has 4 heterocycles. The molecular weight excluding hydrogens is 852 g/mol. The summed E-state index contributed by atoms with van der Waals surface area (Å²) < 4.78 is 0. The molecule has 0 fully saturated rings. The molecule has 0 amide bonds. The van der Waals surface area contributed by atoms with E-state index in [4.69, 9.17) is 4.98 Å². The Bertz CT molecular complexity index is 3610. The third-order valence-corrected chi connectivity index (χ3v) is 14.5. The van der Waals surface area contributed by atoms with Crippen LogP contribution in [0.4, 0.5) is 45.5 Å². The van der Waals surface area contributed by atoms with Crippen molar-refractivity contribution >= 4 is 70.4 Å². The molecule has 2 aliphatic heterocycles. The molecule has 9 heteroatoms. The molecule has 70 heavy (non-hydrogen) atoms. The highest BCUT2D eigenvalue weighted by Gasteiger charge is 2.47. The van der Waals surface area contributed by atoms with Gasteiger partial charge in [0, 0.05) is 57.9 Å². The first-order valence-corrected chi connectivity index (χ1v) is 24.1. The van der Waals surface area contributed by atoms with Crippen LogP contribution < -0.4 is 30.2 Å². The standard InChI is InChI=1S/C61H47B2N7/c1-42-18-16-35-64-59(42)43-19-14-25-49(38-43)69-57-29-12-10-27-55(57)67(47-21-6-4-7-22-47)62(69)45-31-33-51-52-34-32-46(41-54(52)61(2,3)53(51)40-45)63-68(48-23-8-5-9-24-48)56-28-11-13-30-58(56)70(63)50-26-15-20-44(39-50)60-65-36-17-37-66-60/h4-41H,1-3H3. The minimum atomic E-state index is -0.320. The van der Waals surface area contributed by atoms with Gasteiger partial charge in [-0.05, 0) is 131 Å². The molecule has 0 saturated heterocycles. The lowest BCUT2D eigenvalue weighted by atomic mass is 9.62. The molecule has 3 aliphatic rings. The summed E-state index contributed by atoms with van der Waals surface area (Å²) in [6.45, 7) is 6.57. The first-order valence-electron chi connectivity index (χ1n) is 24.1. The van der Waals surface area contributed by atoms with E-state index in [-0.39, 0.29) is 19.4 Å². The maximum atomic E-state index is 4.83. The second-order valence-corrected chi connectivity index (χ2v) is 19.0. The van der Waals surface area contributed by atoms with Gasteiger partial charge in [-0.15, -0.1) is 0 Å². The summed E-state index contributed by atoms with van der Waals surface area (Å²) in [5, 5.41) is 0. The summed E-state index contributed by atoms with van der Waals surface area (Å²) in [6, 6.07) is 77.2. The van der Waals surface area contributed by atoms with Crippen molar-refractivity contribution in [2.45, 2.75) is 26.2 Å². The molecule has 0 unspecified atom stereocenters. The van der Waals surface area contributed by atoms with E-state index >= 15 is 0 Å². The number of anilines is 8. The van der Waals surface area contributed by atoms with Crippen LogP contribution in [0.2, 0.25) is 0 Å². The first kappa shape index (κ1) is 41.5. The number of pyridine rings is 1. The average Bonchev–Trinajstić information content (AvgIpc) is 4.03. The molecule has 0 atom stereocenters. The fraction of sp³-hybridized carbons (Fsp3) is 0.0656. The molecule has 332 valence electrons. The number of para-hydroxylation sites is 6. The Morgan fingerprint density at radius 3 is 1.30 bits per heavy atom. The van der Waals surface area contributed by atoms with E-state index < -0.39 is 0 Å².